The minimum atomic E-state index is -0.604. The number of nitrogens with zero attached hydrogens (tertiary/aromatic N) is 6. The van der Waals surface area contributed by atoms with Crippen LogP contribution in [0.4, 0.5) is 5.82 Å². The van der Waals surface area contributed by atoms with Crippen LogP contribution in [0, 0.1) is 0 Å². The lowest BCUT2D eigenvalue weighted by atomic mass is 10.1. The summed E-state index contributed by atoms with van der Waals surface area (Å²) in [5, 5.41) is 19.7. The lowest BCUT2D eigenvalue weighted by Crippen LogP contribution is -2.22. The molecule has 3 N–H and O–H groups in total. The highest BCUT2D eigenvalue weighted by molar-refractivity contribution is 6.42. The van der Waals surface area contributed by atoms with Crippen LogP contribution in [0.15, 0.2) is 27.9 Å². The van der Waals surface area contributed by atoms with Gasteiger partial charge in [-0.05, 0) is 34.9 Å². The molecule has 0 aliphatic heterocycles. The first kappa shape index (κ1) is 19.7. The molecule has 0 saturated carbocycles. The van der Waals surface area contributed by atoms with Crippen LogP contribution in [-0.2, 0) is 11.3 Å². The van der Waals surface area contributed by atoms with E-state index in [1.54, 1.807) is 25.1 Å². The fourth-order valence-electron chi connectivity index (χ4n) is 2.23. The van der Waals surface area contributed by atoms with Crippen molar-refractivity contribution in [2.24, 2.45) is 5.10 Å². The normalized spacial score (nSPS) is 11.6. The third kappa shape index (κ3) is 3.96. The molecule has 0 spiro atoms. The molecule has 3 rings (SSSR count). The number of benzene rings is 1. The largest absolute Gasteiger partial charge is 0.378 e. The molecule has 28 heavy (non-hydrogen) atoms. The second-order valence-corrected chi connectivity index (χ2v) is 6.28. The molecule has 0 bridgehead atoms. The standard InChI is InChI=1S/C15H14Cl2N8O3/c1-7(8-3-4-9(16)10(17)5-8)19-21-15(26)12-11(6-27-2)25(24-20-12)14-13(18)22-28-23-14/h3-5H,6H2,1-2H3,(H2,18,22)(H,21,26)/b19-7+. The van der Waals surface area contributed by atoms with E-state index in [9.17, 15) is 4.79 Å². The van der Waals surface area contributed by atoms with Gasteiger partial charge in [0, 0.05) is 7.11 Å². The minimum Gasteiger partial charge on any atom is -0.378 e. The van der Waals surface area contributed by atoms with E-state index in [-0.39, 0.29) is 23.9 Å². The van der Waals surface area contributed by atoms with Crippen LogP contribution >= 0.6 is 23.2 Å². The Bertz CT molecular complexity index is 1050. The molecular weight excluding hydrogens is 411 g/mol. The van der Waals surface area contributed by atoms with E-state index in [0.717, 1.165) is 0 Å². The van der Waals surface area contributed by atoms with Crippen molar-refractivity contribution in [1.82, 2.24) is 30.7 Å². The molecule has 0 fully saturated rings. The van der Waals surface area contributed by atoms with Gasteiger partial charge < -0.3 is 10.5 Å². The number of amides is 1. The van der Waals surface area contributed by atoms with Gasteiger partial charge in [0.15, 0.2) is 5.69 Å². The molecule has 0 saturated heterocycles. The zero-order chi connectivity index (χ0) is 20.3. The Morgan fingerprint density at radius 3 is 2.79 bits per heavy atom. The fraction of sp³-hybridized carbons (Fsp3) is 0.200. The summed E-state index contributed by atoms with van der Waals surface area (Å²) in [6, 6.07) is 5.01. The summed E-state index contributed by atoms with van der Waals surface area (Å²) in [7, 11) is 1.45. The van der Waals surface area contributed by atoms with Gasteiger partial charge in [0.25, 0.3) is 5.91 Å². The third-order valence-electron chi connectivity index (χ3n) is 3.62. The van der Waals surface area contributed by atoms with Crippen molar-refractivity contribution in [3.63, 3.8) is 0 Å². The summed E-state index contributed by atoms with van der Waals surface area (Å²) in [6.07, 6.45) is 0. The number of ether oxygens (including phenoxy) is 1. The molecule has 0 atom stereocenters. The average Bonchev–Trinajstić information content (AvgIpc) is 3.28. The second-order valence-electron chi connectivity index (χ2n) is 5.47. The van der Waals surface area contributed by atoms with E-state index in [1.807, 2.05) is 0 Å². The van der Waals surface area contributed by atoms with Crippen molar-refractivity contribution in [1.29, 1.82) is 0 Å². The van der Waals surface area contributed by atoms with Crippen LogP contribution in [0.1, 0.15) is 28.7 Å². The van der Waals surface area contributed by atoms with Crippen molar-refractivity contribution < 1.29 is 14.2 Å². The SMILES string of the molecule is COCc1c(C(=O)N/N=C(\C)c2ccc(Cl)c(Cl)c2)nnn1-c1nonc1N. The van der Waals surface area contributed by atoms with Gasteiger partial charge >= 0.3 is 0 Å². The first-order chi connectivity index (χ1) is 13.4. The number of carbonyl (C=O) groups is 1. The molecule has 0 radical (unpaired) electrons. The van der Waals surface area contributed by atoms with Gasteiger partial charge in [-0.3, -0.25) is 4.79 Å². The molecule has 2 heterocycles. The number of nitrogens with one attached hydrogen (secondary N) is 1. The molecule has 0 aliphatic carbocycles. The lowest BCUT2D eigenvalue weighted by Gasteiger charge is -2.05. The summed E-state index contributed by atoms with van der Waals surface area (Å²) >= 11 is 11.9. The topological polar surface area (TPSA) is 146 Å². The zero-order valence-electron chi connectivity index (χ0n) is 14.7. The highest BCUT2D eigenvalue weighted by Gasteiger charge is 2.23. The molecule has 13 heteroatoms. The van der Waals surface area contributed by atoms with Crippen LogP contribution in [0.2, 0.25) is 10.0 Å². The molecule has 3 aromatic rings. The Morgan fingerprint density at radius 2 is 2.14 bits per heavy atom. The van der Waals surface area contributed by atoms with E-state index < -0.39 is 5.91 Å². The predicted octanol–water partition coefficient (Wildman–Crippen LogP) is 1.84. The number of nitrogens with two attached hydrogens (primary N) is 1. The highest BCUT2D eigenvalue weighted by Crippen LogP contribution is 2.23. The molecule has 2 aromatic heterocycles. The summed E-state index contributed by atoms with van der Waals surface area (Å²) in [4.78, 5) is 12.5. The number of carbonyl (C=O) groups excluding carboxylic acids is 1. The van der Waals surface area contributed by atoms with E-state index >= 15 is 0 Å². The Morgan fingerprint density at radius 1 is 1.36 bits per heavy atom. The number of hydrogen-bond donors (Lipinski definition) is 2. The molecule has 1 aromatic carbocycles. The predicted molar refractivity (Wildman–Crippen MR) is 100 cm³/mol. The summed E-state index contributed by atoms with van der Waals surface area (Å²) in [6.45, 7) is 1.71. The molecule has 0 unspecified atom stereocenters. The first-order valence-electron chi connectivity index (χ1n) is 7.74. The number of hydrogen-bond acceptors (Lipinski definition) is 9. The molecule has 0 aliphatic rings. The number of halogens is 2. The Kier molecular flexibility index (Phi) is 5.87. The van der Waals surface area contributed by atoms with Gasteiger partial charge in [-0.15, -0.1) is 5.10 Å². The van der Waals surface area contributed by atoms with Crippen LogP contribution in [-0.4, -0.2) is 44.0 Å². The zero-order valence-corrected chi connectivity index (χ0v) is 16.2. The number of rotatable bonds is 6. The molecule has 146 valence electrons. The third-order valence-corrected chi connectivity index (χ3v) is 4.36. The number of anilines is 1. The van der Waals surface area contributed by atoms with Crippen molar-refractivity contribution >= 4 is 40.6 Å². The average molecular weight is 425 g/mol. The van der Waals surface area contributed by atoms with Crippen LogP contribution in [0.3, 0.4) is 0 Å². The van der Waals surface area contributed by atoms with Crippen LogP contribution in [0.5, 0.6) is 0 Å². The van der Waals surface area contributed by atoms with Gasteiger partial charge in [-0.1, -0.05) is 34.5 Å². The van der Waals surface area contributed by atoms with Crippen molar-refractivity contribution in [3.05, 3.63) is 45.2 Å². The van der Waals surface area contributed by atoms with Crippen molar-refractivity contribution in [2.75, 3.05) is 12.8 Å². The maximum atomic E-state index is 12.5. The summed E-state index contributed by atoms with van der Waals surface area (Å²) in [5.41, 5.74) is 9.56. The van der Waals surface area contributed by atoms with E-state index in [4.69, 9.17) is 33.7 Å². The van der Waals surface area contributed by atoms with Crippen molar-refractivity contribution in [2.45, 2.75) is 13.5 Å². The van der Waals surface area contributed by atoms with Crippen LogP contribution < -0.4 is 11.2 Å². The van der Waals surface area contributed by atoms with E-state index in [0.29, 0.717) is 27.0 Å². The van der Waals surface area contributed by atoms with Gasteiger partial charge in [0.05, 0.1) is 22.4 Å². The van der Waals surface area contributed by atoms with Gasteiger partial charge in [-0.2, -0.15) is 9.78 Å². The molecule has 11 nitrogen and oxygen atoms in total. The summed E-state index contributed by atoms with van der Waals surface area (Å²) < 4.78 is 10.9. The number of hydrazone groups is 1. The van der Waals surface area contributed by atoms with Crippen molar-refractivity contribution in [3.8, 4) is 5.82 Å². The maximum Gasteiger partial charge on any atom is 0.293 e. The van der Waals surface area contributed by atoms with Gasteiger partial charge in [0.1, 0.15) is 5.69 Å². The molecule has 1 amide bonds. The number of methoxy groups -OCH3 is 1. The highest BCUT2D eigenvalue weighted by atomic mass is 35.5. The second kappa shape index (κ2) is 8.33. The fourth-order valence-corrected chi connectivity index (χ4v) is 2.52. The Hall–Kier alpha value is -3.02. The smallest absolute Gasteiger partial charge is 0.293 e. The lowest BCUT2D eigenvalue weighted by molar-refractivity contribution is 0.0944. The van der Waals surface area contributed by atoms with Gasteiger partial charge in [0.2, 0.25) is 11.6 Å². The molecular formula is C15H14Cl2N8O3. The Balaban J connectivity index is 1.85. The quantitative estimate of drug-likeness (QED) is 0.449. The number of aromatic nitrogens is 5. The number of nitrogen functional groups attached to an aromatic ring is 1. The minimum absolute atomic E-state index is 0.0114. The monoisotopic (exact) mass is 424 g/mol. The summed E-state index contributed by atoms with van der Waals surface area (Å²) in [5.74, 6) is -0.524. The van der Waals surface area contributed by atoms with E-state index in [1.165, 1.54) is 11.8 Å². The van der Waals surface area contributed by atoms with E-state index in [2.05, 4.69) is 35.8 Å². The maximum absolute atomic E-state index is 12.5. The van der Waals surface area contributed by atoms with Gasteiger partial charge in [-0.25, -0.2) is 10.1 Å². The Labute approximate surface area is 168 Å². The first-order valence-corrected chi connectivity index (χ1v) is 8.50. The van der Waals surface area contributed by atoms with Crippen LogP contribution in [0.25, 0.3) is 5.82 Å².